The number of alkyl halides is 3. The highest BCUT2D eigenvalue weighted by molar-refractivity contribution is 5.18. The van der Waals surface area contributed by atoms with Crippen LogP contribution >= 0.6 is 0 Å². The Morgan fingerprint density at radius 3 is 2.61 bits per heavy atom. The van der Waals surface area contributed by atoms with Crippen molar-refractivity contribution in [2.24, 2.45) is 0 Å². The van der Waals surface area contributed by atoms with Crippen molar-refractivity contribution in [1.82, 2.24) is 15.0 Å². The molecule has 2 aromatic heterocycles. The van der Waals surface area contributed by atoms with E-state index in [4.69, 9.17) is 14.2 Å². The second-order valence-electron chi connectivity index (χ2n) is 6.16. The fourth-order valence-corrected chi connectivity index (χ4v) is 2.71. The van der Waals surface area contributed by atoms with Crippen LogP contribution in [0.2, 0.25) is 0 Å². The third-order valence-electron chi connectivity index (χ3n) is 4.14. The Balaban J connectivity index is 1.78. The maximum atomic E-state index is 12.9. The predicted octanol–water partition coefficient (Wildman–Crippen LogP) is 1.23. The molecule has 0 radical (unpaired) electrons. The van der Waals surface area contributed by atoms with Crippen LogP contribution in [-0.4, -0.2) is 62.3 Å². The average Bonchev–Trinajstić information content (AvgIpc) is 2.67. The van der Waals surface area contributed by atoms with E-state index >= 15 is 0 Å². The number of nitrogens with zero attached hydrogens (tertiary/aromatic N) is 3. The van der Waals surface area contributed by atoms with Gasteiger partial charge in [0.2, 0.25) is 11.8 Å². The first-order chi connectivity index (χ1) is 13.3. The Hall–Kier alpha value is -2.50. The molecule has 0 aliphatic carbocycles. The fourth-order valence-electron chi connectivity index (χ4n) is 2.71. The lowest BCUT2D eigenvalue weighted by Crippen LogP contribution is -2.60. The summed E-state index contributed by atoms with van der Waals surface area (Å²) in [5.41, 5.74) is -1.14. The summed E-state index contributed by atoms with van der Waals surface area (Å²) in [6, 6.07) is 4.65. The normalized spacial score (nSPS) is 28.0. The fraction of sp³-hybridized carbons (Fsp3) is 0.471. The topological polar surface area (TPSA) is 107 Å². The number of pyridine rings is 1. The summed E-state index contributed by atoms with van der Waals surface area (Å²) in [7, 11) is 0. The summed E-state index contributed by atoms with van der Waals surface area (Å²) in [4.78, 5) is 11.1. The van der Waals surface area contributed by atoms with Gasteiger partial charge < -0.3 is 24.4 Å². The largest absolute Gasteiger partial charge is 0.475 e. The number of hydrogen-bond acceptors (Lipinski definition) is 8. The number of rotatable bonds is 5. The first-order valence-corrected chi connectivity index (χ1v) is 8.37. The number of ether oxygens (including phenoxy) is 3. The van der Waals surface area contributed by atoms with Gasteiger partial charge in [-0.3, -0.25) is 0 Å². The Morgan fingerprint density at radius 1 is 1.14 bits per heavy atom. The van der Waals surface area contributed by atoms with Crippen LogP contribution in [-0.2, 0) is 10.9 Å². The van der Waals surface area contributed by atoms with Gasteiger partial charge in [-0.15, -0.1) is 0 Å². The van der Waals surface area contributed by atoms with Crippen LogP contribution in [0.25, 0.3) is 0 Å². The summed E-state index contributed by atoms with van der Waals surface area (Å²) >= 11 is 0. The van der Waals surface area contributed by atoms with Crippen molar-refractivity contribution in [2.45, 2.75) is 43.6 Å². The van der Waals surface area contributed by atoms with Gasteiger partial charge in [-0.25, -0.2) is 15.0 Å². The molecule has 1 saturated heterocycles. The van der Waals surface area contributed by atoms with Gasteiger partial charge in [0.25, 0.3) is 0 Å². The van der Waals surface area contributed by atoms with Gasteiger partial charge >= 0.3 is 6.18 Å². The highest BCUT2D eigenvalue weighted by Crippen LogP contribution is 2.30. The first kappa shape index (κ1) is 20.2. The third kappa shape index (κ3) is 4.66. The minimum Gasteiger partial charge on any atom is -0.475 e. The summed E-state index contributed by atoms with van der Waals surface area (Å²) in [6.07, 6.45) is -7.51. The molecule has 0 amide bonds. The molecule has 8 nitrogen and oxygen atoms in total. The Kier molecular flexibility index (Phi) is 5.96. The second-order valence-corrected chi connectivity index (χ2v) is 6.16. The molecule has 0 unspecified atom stereocenters. The van der Waals surface area contributed by atoms with Gasteiger partial charge in [0.05, 0.1) is 6.10 Å². The molecule has 1 aliphatic rings. The van der Waals surface area contributed by atoms with E-state index in [0.29, 0.717) is 0 Å². The van der Waals surface area contributed by atoms with Crippen LogP contribution in [0.1, 0.15) is 12.6 Å². The van der Waals surface area contributed by atoms with Crippen molar-refractivity contribution < 1.29 is 37.6 Å². The molecule has 3 heterocycles. The van der Waals surface area contributed by atoms with E-state index in [9.17, 15) is 23.4 Å². The van der Waals surface area contributed by atoms with E-state index in [2.05, 4.69) is 15.0 Å². The molecule has 0 bridgehead atoms. The van der Waals surface area contributed by atoms with Gasteiger partial charge in [0, 0.05) is 18.3 Å². The molecule has 5 atom stereocenters. The van der Waals surface area contributed by atoms with Crippen molar-refractivity contribution in [3.05, 3.63) is 42.5 Å². The second kappa shape index (κ2) is 8.25. The monoisotopic (exact) mass is 401 g/mol. The molecule has 1 fully saturated rings. The highest BCUT2D eigenvalue weighted by Gasteiger charge is 2.45. The van der Waals surface area contributed by atoms with Gasteiger partial charge in [0.1, 0.15) is 36.9 Å². The van der Waals surface area contributed by atoms with Crippen molar-refractivity contribution in [2.75, 3.05) is 6.61 Å². The van der Waals surface area contributed by atoms with Crippen molar-refractivity contribution in [3.8, 4) is 11.8 Å². The molecular formula is C17H18F3N3O5. The van der Waals surface area contributed by atoms with Crippen molar-refractivity contribution in [3.63, 3.8) is 0 Å². The number of aliphatic hydroxyl groups excluding tert-OH is 2. The Morgan fingerprint density at radius 2 is 1.93 bits per heavy atom. The molecule has 2 N–H and O–H groups in total. The molecule has 152 valence electrons. The number of aliphatic hydroxyl groups is 2. The third-order valence-corrected chi connectivity index (χ3v) is 4.14. The SMILES string of the molecule is C[C@H]1O[C@H](COc2ccncn2)[C@H](Oc2cccc(C(F)(F)F)n2)[C@@H](O)[C@H]1O. The molecule has 28 heavy (non-hydrogen) atoms. The van der Waals surface area contributed by atoms with E-state index in [1.165, 1.54) is 24.7 Å². The lowest BCUT2D eigenvalue weighted by atomic mass is 9.96. The Bertz CT molecular complexity index is 780. The zero-order chi connectivity index (χ0) is 20.3. The predicted molar refractivity (Wildman–Crippen MR) is 87.5 cm³/mol. The van der Waals surface area contributed by atoms with E-state index in [-0.39, 0.29) is 18.4 Å². The minimum atomic E-state index is -4.65. The molecule has 0 saturated carbocycles. The van der Waals surface area contributed by atoms with Crippen LogP contribution in [0.4, 0.5) is 13.2 Å². The molecule has 2 aromatic rings. The molecule has 0 aromatic carbocycles. The molecular weight excluding hydrogens is 383 g/mol. The van der Waals surface area contributed by atoms with Crippen LogP contribution < -0.4 is 9.47 Å². The minimum absolute atomic E-state index is 0.130. The zero-order valence-corrected chi connectivity index (χ0v) is 14.7. The van der Waals surface area contributed by atoms with Crippen LogP contribution in [0.3, 0.4) is 0 Å². The highest BCUT2D eigenvalue weighted by atomic mass is 19.4. The number of hydrogen-bond donors (Lipinski definition) is 2. The lowest BCUT2D eigenvalue weighted by Gasteiger charge is -2.41. The summed E-state index contributed by atoms with van der Waals surface area (Å²) in [6.45, 7) is 1.42. The summed E-state index contributed by atoms with van der Waals surface area (Å²) in [5, 5.41) is 20.4. The zero-order valence-electron chi connectivity index (χ0n) is 14.7. The summed E-state index contributed by atoms with van der Waals surface area (Å²) < 4.78 is 55.1. The maximum Gasteiger partial charge on any atom is 0.433 e. The lowest BCUT2D eigenvalue weighted by molar-refractivity contribution is -0.216. The summed E-state index contributed by atoms with van der Waals surface area (Å²) in [5.74, 6) is -0.126. The molecule has 1 aliphatic heterocycles. The van der Waals surface area contributed by atoms with E-state index in [1.54, 1.807) is 6.92 Å². The van der Waals surface area contributed by atoms with Gasteiger partial charge in [-0.05, 0) is 13.0 Å². The number of aromatic nitrogens is 3. The molecule has 3 rings (SSSR count). The van der Waals surface area contributed by atoms with Crippen LogP contribution in [0.5, 0.6) is 11.8 Å². The van der Waals surface area contributed by atoms with E-state index in [1.807, 2.05) is 0 Å². The van der Waals surface area contributed by atoms with Crippen LogP contribution in [0.15, 0.2) is 36.8 Å². The quantitative estimate of drug-likeness (QED) is 0.771. The number of halogens is 3. The smallest absolute Gasteiger partial charge is 0.433 e. The Labute approximate surface area is 157 Å². The van der Waals surface area contributed by atoms with Crippen LogP contribution in [0, 0.1) is 0 Å². The van der Waals surface area contributed by atoms with Crippen molar-refractivity contribution >= 4 is 0 Å². The van der Waals surface area contributed by atoms with Gasteiger partial charge in [-0.2, -0.15) is 13.2 Å². The first-order valence-electron chi connectivity index (χ1n) is 8.37. The van der Waals surface area contributed by atoms with E-state index < -0.39 is 42.4 Å². The van der Waals surface area contributed by atoms with E-state index in [0.717, 1.165) is 12.1 Å². The average molecular weight is 401 g/mol. The van der Waals surface area contributed by atoms with Gasteiger partial charge in [-0.1, -0.05) is 6.07 Å². The standard InChI is InChI=1S/C17H18F3N3O5/c1-9-14(24)15(25)16(10(27-9)7-26-12-5-6-21-8-22-12)28-13-4-2-3-11(23-13)17(18,19)20/h2-6,8-10,14-16,24-25H,7H2,1H3/t9-,10-,14+,15+,16+/m1/s1. The van der Waals surface area contributed by atoms with Gasteiger partial charge in [0.15, 0.2) is 6.10 Å². The molecule has 11 heteroatoms. The molecule has 0 spiro atoms. The maximum absolute atomic E-state index is 12.9. The van der Waals surface area contributed by atoms with Crippen molar-refractivity contribution in [1.29, 1.82) is 0 Å².